The first-order valence-electron chi connectivity index (χ1n) is 11.6. The molecule has 0 aliphatic carbocycles. The van der Waals surface area contributed by atoms with Crippen molar-refractivity contribution >= 4 is 17.6 Å². The van der Waals surface area contributed by atoms with Crippen molar-refractivity contribution in [3.8, 4) is 22.6 Å². The van der Waals surface area contributed by atoms with E-state index in [1.54, 1.807) is 29.1 Å². The zero-order chi connectivity index (χ0) is 24.4. The van der Waals surface area contributed by atoms with Crippen LogP contribution in [-0.2, 0) is 16.0 Å². The molecule has 2 aromatic carbocycles. The fourth-order valence-electron chi connectivity index (χ4n) is 4.11. The molecule has 3 heterocycles. The molecule has 2 aromatic heterocycles. The molecule has 35 heavy (non-hydrogen) atoms. The van der Waals surface area contributed by atoms with Gasteiger partial charge in [0.15, 0.2) is 12.0 Å². The number of furan rings is 1. The summed E-state index contributed by atoms with van der Waals surface area (Å²) in [6.45, 7) is 3.82. The first-order valence-corrected chi connectivity index (χ1v) is 11.6. The predicted octanol–water partition coefficient (Wildman–Crippen LogP) is 4.19. The number of carbonyl (C=O) groups excluding carboxylic acids is 2. The van der Waals surface area contributed by atoms with E-state index in [4.69, 9.17) is 4.42 Å². The molecule has 1 fully saturated rings. The zero-order valence-corrected chi connectivity index (χ0v) is 19.6. The standard InChI is InChI=1S/C27H27N5O3/c1-17-18(2)28-27(30-26(17)34)32-24(16-22(31-32)23-9-6-14-35-23)29-25(33)15-19-10-12-21(13-11-19)20-7-4-3-5-8-20/h3-14,16-18,27-28H,15H2,1-2H3,(H,29,33)(H,30,34). The van der Waals surface area contributed by atoms with Crippen molar-refractivity contribution in [2.45, 2.75) is 32.6 Å². The van der Waals surface area contributed by atoms with Crippen molar-refractivity contribution in [3.63, 3.8) is 0 Å². The van der Waals surface area contributed by atoms with Gasteiger partial charge in [-0.3, -0.25) is 14.9 Å². The Bertz CT molecular complexity index is 1310. The van der Waals surface area contributed by atoms with Gasteiger partial charge in [0.25, 0.3) is 0 Å². The largest absolute Gasteiger partial charge is 0.463 e. The zero-order valence-electron chi connectivity index (χ0n) is 19.6. The van der Waals surface area contributed by atoms with Crippen molar-refractivity contribution in [2.75, 3.05) is 5.32 Å². The number of benzene rings is 2. The molecule has 1 saturated heterocycles. The minimum atomic E-state index is -0.599. The van der Waals surface area contributed by atoms with Gasteiger partial charge in [0.1, 0.15) is 11.5 Å². The quantitative estimate of drug-likeness (QED) is 0.393. The topological polar surface area (TPSA) is 101 Å². The van der Waals surface area contributed by atoms with Crippen molar-refractivity contribution in [1.82, 2.24) is 20.4 Å². The molecule has 1 aliphatic heterocycles. The van der Waals surface area contributed by atoms with Crippen LogP contribution < -0.4 is 16.0 Å². The molecule has 5 rings (SSSR count). The highest BCUT2D eigenvalue weighted by atomic mass is 16.3. The number of rotatable bonds is 6. The number of nitrogens with zero attached hydrogens (tertiary/aromatic N) is 2. The van der Waals surface area contributed by atoms with Gasteiger partial charge in [-0.1, -0.05) is 61.5 Å². The summed E-state index contributed by atoms with van der Waals surface area (Å²) in [6.07, 6.45) is 1.17. The molecule has 8 heteroatoms. The summed E-state index contributed by atoms with van der Waals surface area (Å²) in [4.78, 5) is 25.4. The fraction of sp³-hybridized carbons (Fsp3) is 0.222. The molecule has 1 aliphatic rings. The highest BCUT2D eigenvalue weighted by Crippen LogP contribution is 2.26. The Kier molecular flexibility index (Phi) is 6.20. The number of amides is 2. The lowest BCUT2D eigenvalue weighted by Crippen LogP contribution is -2.57. The summed E-state index contributed by atoms with van der Waals surface area (Å²) < 4.78 is 7.06. The molecule has 0 radical (unpaired) electrons. The van der Waals surface area contributed by atoms with Crippen LogP contribution in [0.3, 0.4) is 0 Å². The Hall–Kier alpha value is -4.17. The third-order valence-electron chi connectivity index (χ3n) is 6.31. The SMILES string of the molecule is CC1NC(n2nc(-c3ccco3)cc2NC(=O)Cc2ccc(-c3ccccc3)cc2)NC(=O)C1C. The van der Waals surface area contributed by atoms with E-state index in [9.17, 15) is 9.59 Å². The minimum absolute atomic E-state index is 0.0586. The Balaban J connectivity index is 1.35. The number of hydrogen-bond acceptors (Lipinski definition) is 5. The normalized spacial score (nSPS) is 19.8. The molecule has 2 amide bonds. The molecule has 0 saturated carbocycles. The molecule has 178 valence electrons. The van der Waals surface area contributed by atoms with E-state index in [1.165, 1.54) is 0 Å². The van der Waals surface area contributed by atoms with Crippen LogP contribution in [0.15, 0.2) is 83.5 Å². The first-order chi connectivity index (χ1) is 17.0. The fourth-order valence-corrected chi connectivity index (χ4v) is 4.11. The molecular formula is C27H27N5O3. The van der Waals surface area contributed by atoms with Crippen LogP contribution >= 0.6 is 0 Å². The molecular weight excluding hydrogens is 442 g/mol. The van der Waals surface area contributed by atoms with E-state index in [0.29, 0.717) is 17.3 Å². The Morgan fingerprint density at radius 1 is 1.03 bits per heavy atom. The molecule has 3 atom stereocenters. The van der Waals surface area contributed by atoms with Crippen molar-refractivity contribution in [3.05, 3.63) is 84.6 Å². The summed E-state index contributed by atoms with van der Waals surface area (Å²) >= 11 is 0. The van der Waals surface area contributed by atoms with Gasteiger partial charge in [-0.15, -0.1) is 0 Å². The van der Waals surface area contributed by atoms with E-state index in [2.05, 4.69) is 33.2 Å². The van der Waals surface area contributed by atoms with Gasteiger partial charge in [-0.2, -0.15) is 5.10 Å². The van der Waals surface area contributed by atoms with Gasteiger partial charge in [0.05, 0.1) is 18.6 Å². The van der Waals surface area contributed by atoms with E-state index >= 15 is 0 Å². The van der Waals surface area contributed by atoms with Crippen LogP contribution in [-0.4, -0.2) is 27.6 Å². The van der Waals surface area contributed by atoms with Crippen LogP contribution in [0.1, 0.15) is 25.7 Å². The molecule has 4 aromatic rings. The van der Waals surface area contributed by atoms with Gasteiger partial charge in [0, 0.05) is 12.1 Å². The molecule has 3 unspecified atom stereocenters. The lowest BCUT2D eigenvalue weighted by atomic mass is 10.0. The highest BCUT2D eigenvalue weighted by molar-refractivity contribution is 5.92. The van der Waals surface area contributed by atoms with Crippen LogP contribution in [0.4, 0.5) is 5.82 Å². The lowest BCUT2D eigenvalue weighted by molar-refractivity contribution is -0.130. The summed E-state index contributed by atoms with van der Waals surface area (Å²) in [5.41, 5.74) is 3.67. The number of aromatic nitrogens is 2. The summed E-state index contributed by atoms with van der Waals surface area (Å²) in [7, 11) is 0. The van der Waals surface area contributed by atoms with Crippen molar-refractivity contribution in [1.29, 1.82) is 0 Å². The van der Waals surface area contributed by atoms with Crippen molar-refractivity contribution < 1.29 is 14.0 Å². The lowest BCUT2D eigenvalue weighted by Gasteiger charge is -2.34. The third kappa shape index (κ3) is 4.88. The van der Waals surface area contributed by atoms with Gasteiger partial charge < -0.3 is 15.1 Å². The second-order valence-corrected chi connectivity index (χ2v) is 8.78. The molecule has 3 N–H and O–H groups in total. The van der Waals surface area contributed by atoms with Gasteiger partial charge >= 0.3 is 0 Å². The average molecular weight is 470 g/mol. The van der Waals surface area contributed by atoms with E-state index in [0.717, 1.165) is 16.7 Å². The second kappa shape index (κ2) is 9.60. The molecule has 8 nitrogen and oxygen atoms in total. The predicted molar refractivity (Wildman–Crippen MR) is 133 cm³/mol. The molecule has 0 spiro atoms. The Morgan fingerprint density at radius 2 is 1.77 bits per heavy atom. The average Bonchev–Trinajstić information content (AvgIpc) is 3.54. The van der Waals surface area contributed by atoms with Gasteiger partial charge in [0.2, 0.25) is 11.8 Å². The van der Waals surface area contributed by atoms with Gasteiger partial charge in [-0.05, 0) is 35.7 Å². The summed E-state index contributed by atoms with van der Waals surface area (Å²) in [5, 5.41) is 13.8. The first kappa shape index (κ1) is 22.6. The van der Waals surface area contributed by atoms with Gasteiger partial charge in [-0.25, -0.2) is 4.68 Å². The summed E-state index contributed by atoms with van der Waals surface area (Å²) in [5.74, 6) is 0.588. The van der Waals surface area contributed by atoms with Crippen LogP contribution in [0, 0.1) is 5.92 Å². The van der Waals surface area contributed by atoms with E-state index in [1.807, 2.05) is 56.3 Å². The number of anilines is 1. The van der Waals surface area contributed by atoms with E-state index in [-0.39, 0.29) is 30.2 Å². The highest BCUT2D eigenvalue weighted by Gasteiger charge is 2.32. The maximum Gasteiger partial charge on any atom is 0.229 e. The smallest absolute Gasteiger partial charge is 0.229 e. The Morgan fingerprint density at radius 3 is 2.46 bits per heavy atom. The maximum atomic E-state index is 13.0. The number of carbonyl (C=O) groups is 2. The third-order valence-corrected chi connectivity index (χ3v) is 6.31. The van der Waals surface area contributed by atoms with Crippen LogP contribution in [0.25, 0.3) is 22.6 Å². The van der Waals surface area contributed by atoms with E-state index < -0.39 is 6.29 Å². The van der Waals surface area contributed by atoms with Crippen LogP contribution in [0.2, 0.25) is 0 Å². The second-order valence-electron chi connectivity index (χ2n) is 8.78. The van der Waals surface area contributed by atoms with Crippen molar-refractivity contribution in [2.24, 2.45) is 5.92 Å². The number of hydrogen-bond donors (Lipinski definition) is 3. The monoisotopic (exact) mass is 469 g/mol. The Labute approximate surface area is 203 Å². The number of nitrogens with one attached hydrogen (secondary N) is 3. The van der Waals surface area contributed by atoms with Crippen LogP contribution in [0.5, 0.6) is 0 Å². The maximum absolute atomic E-state index is 13.0. The minimum Gasteiger partial charge on any atom is -0.463 e. The molecule has 0 bridgehead atoms. The summed E-state index contributed by atoms with van der Waals surface area (Å²) in [6, 6.07) is 23.3.